The van der Waals surface area contributed by atoms with Crippen molar-refractivity contribution in [2.45, 2.75) is 0 Å². The molecule has 12 nitrogen and oxygen atoms in total. The third-order valence-corrected chi connectivity index (χ3v) is 16.4. The van der Waals surface area contributed by atoms with Crippen LogP contribution in [0.25, 0.3) is 164 Å². The van der Waals surface area contributed by atoms with Crippen LogP contribution in [0.1, 0.15) is 5.56 Å². The summed E-state index contributed by atoms with van der Waals surface area (Å²) in [5.74, 6) is 4.17. The van der Waals surface area contributed by atoms with Crippen LogP contribution in [0, 0.1) is 11.3 Å². The van der Waals surface area contributed by atoms with Crippen LogP contribution >= 0.6 is 0 Å². The Morgan fingerprint density at radius 2 is 0.473 bits per heavy atom. The standard InChI is InChI=1S/C81H50N12/c82-51-52-45-65(69-49-67(53-25-9-1-10-26-53)83-74(85-69)55-29-13-3-14-30-55)73(66(46-52)70-50-68(54-27-11-2-12-28-54)84-75(86-70)56-31-15-4-16-32-56)93-71-43-41-61(80-89-76(57-33-17-5-18-34-57)87-77(90-80)58-35-19-6-20-36-58)47-63(71)64-48-62(42-44-72(64)93)81-91-78(59-37-21-7-22-38-59)88-79(92-81)60-39-23-8-24-40-60/h1-50H. The lowest BCUT2D eigenvalue weighted by molar-refractivity contribution is 1.07. The molecule has 434 valence electrons. The van der Waals surface area contributed by atoms with E-state index >= 15 is 0 Å². The average Bonchev–Trinajstić information content (AvgIpc) is 1.59. The number of hydrogen-bond donors (Lipinski definition) is 0. The van der Waals surface area contributed by atoms with Gasteiger partial charge in [-0.05, 0) is 60.7 Å². The predicted molar refractivity (Wildman–Crippen MR) is 369 cm³/mol. The van der Waals surface area contributed by atoms with Crippen molar-refractivity contribution >= 4 is 21.8 Å². The van der Waals surface area contributed by atoms with Gasteiger partial charge in [0.25, 0.3) is 0 Å². The zero-order valence-corrected chi connectivity index (χ0v) is 49.7. The first-order valence-corrected chi connectivity index (χ1v) is 30.4. The molecule has 5 heterocycles. The van der Waals surface area contributed by atoms with Gasteiger partial charge in [-0.3, -0.25) is 0 Å². The summed E-state index contributed by atoms with van der Waals surface area (Å²) in [6.07, 6.45) is 0. The third-order valence-electron chi connectivity index (χ3n) is 16.4. The van der Waals surface area contributed by atoms with E-state index in [0.717, 1.165) is 77.4 Å². The average molecular weight is 1190 g/mol. The van der Waals surface area contributed by atoms with Gasteiger partial charge in [0.1, 0.15) is 0 Å². The van der Waals surface area contributed by atoms with Gasteiger partial charge in [0.05, 0.1) is 51.1 Å². The number of hydrogen-bond acceptors (Lipinski definition) is 11. The Bertz CT molecular complexity index is 4920. The number of nitrogens with zero attached hydrogens (tertiary/aromatic N) is 12. The van der Waals surface area contributed by atoms with Crippen LogP contribution in [-0.4, -0.2) is 54.4 Å². The highest BCUT2D eigenvalue weighted by Crippen LogP contribution is 2.45. The van der Waals surface area contributed by atoms with Crippen molar-refractivity contribution in [2.75, 3.05) is 0 Å². The Morgan fingerprint density at radius 1 is 0.226 bits per heavy atom. The monoisotopic (exact) mass is 1190 g/mol. The molecule has 5 aromatic heterocycles. The minimum Gasteiger partial charge on any atom is -0.308 e. The van der Waals surface area contributed by atoms with Gasteiger partial charge in [0.15, 0.2) is 46.6 Å². The number of nitriles is 1. The smallest absolute Gasteiger partial charge is 0.164 e. The molecule has 93 heavy (non-hydrogen) atoms. The lowest BCUT2D eigenvalue weighted by Gasteiger charge is -2.20. The Balaban J connectivity index is 1.03. The molecule has 0 aliphatic rings. The highest BCUT2D eigenvalue weighted by atomic mass is 15.1. The van der Waals surface area contributed by atoms with Crippen molar-refractivity contribution in [1.82, 2.24) is 54.4 Å². The van der Waals surface area contributed by atoms with Crippen LogP contribution in [0.2, 0.25) is 0 Å². The van der Waals surface area contributed by atoms with Crippen LogP contribution in [0.5, 0.6) is 0 Å². The van der Waals surface area contributed by atoms with Gasteiger partial charge in [-0.2, -0.15) is 5.26 Å². The first-order chi connectivity index (χ1) is 46.0. The molecular formula is C81H50N12. The lowest BCUT2D eigenvalue weighted by Crippen LogP contribution is -2.06. The second-order valence-corrected chi connectivity index (χ2v) is 22.3. The first-order valence-electron chi connectivity index (χ1n) is 30.4. The van der Waals surface area contributed by atoms with Gasteiger partial charge < -0.3 is 4.57 Å². The maximum Gasteiger partial charge on any atom is 0.164 e. The molecule has 0 bridgehead atoms. The van der Waals surface area contributed by atoms with Crippen molar-refractivity contribution in [3.05, 3.63) is 309 Å². The van der Waals surface area contributed by atoms with Gasteiger partial charge in [0.2, 0.25) is 0 Å². The van der Waals surface area contributed by atoms with E-state index in [1.807, 2.05) is 243 Å². The Labute approximate surface area is 535 Å². The Morgan fingerprint density at radius 3 is 0.753 bits per heavy atom. The summed E-state index contributed by atoms with van der Waals surface area (Å²) in [5.41, 5.74) is 15.0. The van der Waals surface area contributed by atoms with E-state index in [-0.39, 0.29) is 0 Å². The van der Waals surface area contributed by atoms with E-state index in [1.165, 1.54) is 0 Å². The van der Waals surface area contributed by atoms with Gasteiger partial charge >= 0.3 is 0 Å². The largest absolute Gasteiger partial charge is 0.308 e. The molecule has 0 atom stereocenters. The zero-order valence-electron chi connectivity index (χ0n) is 49.7. The SMILES string of the molecule is N#Cc1cc(-c2cc(-c3ccccc3)nc(-c3ccccc3)n2)c(-n2c3ccc(-c4nc(-c5ccccc5)nc(-c5ccccc5)n4)cc3c3cc(-c4nc(-c5ccccc5)nc(-c5ccccc5)n4)ccc32)c(-c2cc(-c3ccccc3)nc(-c3ccccc3)n2)c1. The molecule has 11 aromatic carbocycles. The summed E-state index contributed by atoms with van der Waals surface area (Å²) in [6, 6.07) is 103. The number of aromatic nitrogens is 11. The molecule has 0 N–H and O–H groups in total. The molecule has 0 fully saturated rings. The lowest BCUT2D eigenvalue weighted by atomic mass is 9.95. The number of fused-ring (bicyclic) bond motifs is 3. The first kappa shape index (κ1) is 55.2. The Hall–Kier alpha value is -13.1. The summed E-state index contributed by atoms with van der Waals surface area (Å²) in [4.78, 5) is 52.6. The summed E-state index contributed by atoms with van der Waals surface area (Å²) < 4.78 is 2.28. The Kier molecular flexibility index (Phi) is 14.3. The van der Waals surface area contributed by atoms with Gasteiger partial charge in [-0.25, -0.2) is 49.8 Å². The van der Waals surface area contributed by atoms with Crippen LogP contribution in [0.3, 0.4) is 0 Å². The van der Waals surface area contributed by atoms with Crippen molar-refractivity contribution in [3.63, 3.8) is 0 Å². The van der Waals surface area contributed by atoms with E-state index < -0.39 is 0 Å². The summed E-state index contributed by atoms with van der Waals surface area (Å²) in [6.45, 7) is 0. The quantitative estimate of drug-likeness (QED) is 0.108. The van der Waals surface area contributed by atoms with Gasteiger partial charge in [-0.15, -0.1) is 0 Å². The molecule has 16 aromatic rings. The molecule has 0 aliphatic heterocycles. The van der Waals surface area contributed by atoms with Crippen molar-refractivity contribution in [3.8, 4) is 148 Å². The van der Waals surface area contributed by atoms with Crippen molar-refractivity contribution < 1.29 is 0 Å². The van der Waals surface area contributed by atoms with Crippen LogP contribution in [0.4, 0.5) is 0 Å². The second-order valence-electron chi connectivity index (χ2n) is 22.3. The molecule has 0 saturated carbocycles. The molecule has 0 amide bonds. The molecule has 0 aliphatic carbocycles. The van der Waals surface area contributed by atoms with Crippen LogP contribution < -0.4 is 0 Å². The van der Waals surface area contributed by atoms with E-state index in [2.05, 4.69) is 71.3 Å². The highest BCUT2D eigenvalue weighted by Gasteiger charge is 2.27. The summed E-state index contributed by atoms with van der Waals surface area (Å²) in [5, 5.41) is 13.1. The summed E-state index contributed by atoms with van der Waals surface area (Å²) >= 11 is 0. The number of rotatable bonds is 13. The van der Waals surface area contributed by atoms with Gasteiger partial charge in [0, 0.05) is 77.5 Å². The maximum atomic E-state index is 11.4. The fraction of sp³-hybridized carbons (Fsp3) is 0. The molecule has 0 unspecified atom stereocenters. The normalized spacial score (nSPS) is 11.2. The van der Waals surface area contributed by atoms with E-state index in [1.54, 1.807) is 0 Å². The number of benzene rings is 11. The molecule has 0 radical (unpaired) electrons. The topological polar surface area (TPSA) is 158 Å². The minimum atomic E-state index is 0.396. The second kappa shape index (κ2) is 24.1. The van der Waals surface area contributed by atoms with Crippen LogP contribution in [0.15, 0.2) is 303 Å². The predicted octanol–water partition coefficient (Wildman–Crippen LogP) is 18.6. The molecule has 0 spiro atoms. The minimum absolute atomic E-state index is 0.396. The van der Waals surface area contributed by atoms with Gasteiger partial charge in [-0.1, -0.05) is 243 Å². The fourth-order valence-electron chi connectivity index (χ4n) is 11.9. The fourth-order valence-corrected chi connectivity index (χ4v) is 11.9. The third kappa shape index (κ3) is 10.9. The van der Waals surface area contributed by atoms with E-state index in [9.17, 15) is 5.26 Å². The molecule has 0 saturated heterocycles. The molecule has 16 rings (SSSR count). The van der Waals surface area contributed by atoms with Crippen LogP contribution in [-0.2, 0) is 0 Å². The van der Waals surface area contributed by atoms with E-state index in [0.29, 0.717) is 91.7 Å². The molecular weight excluding hydrogens is 1140 g/mol. The van der Waals surface area contributed by atoms with Crippen molar-refractivity contribution in [1.29, 1.82) is 5.26 Å². The summed E-state index contributed by atoms with van der Waals surface area (Å²) in [7, 11) is 0. The highest BCUT2D eigenvalue weighted by molar-refractivity contribution is 6.13. The zero-order chi connectivity index (χ0) is 62.0. The molecule has 12 heteroatoms. The van der Waals surface area contributed by atoms with Crippen molar-refractivity contribution in [2.24, 2.45) is 0 Å². The van der Waals surface area contributed by atoms with E-state index in [4.69, 9.17) is 49.8 Å². The maximum absolute atomic E-state index is 11.4.